The van der Waals surface area contributed by atoms with Gasteiger partial charge in [-0.15, -0.1) is 0 Å². The van der Waals surface area contributed by atoms with E-state index in [-0.39, 0.29) is 17.2 Å². The average molecular weight is 422 g/mol. The van der Waals surface area contributed by atoms with Crippen molar-refractivity contribution in [2.45, 2.75) is 45.0 Å². The number of allylic oxidation sites excluding steroid dienone is 3. The van der Waals surface area contributed by atoms with E-state index in [9.17, 15) is 13.2 Å². The SMILES string of the molecule is CC(=CC=C(C)S(=O)(=O)C1CCOCC1)CNC(=O)N1Cc2cnc(N)nc2C1. The Kier molecular flexibility index (Phi) is 6.53. The van der Waals surface area contributed by atoms with Crippen molar-refractivity contribution in [1.82, 2.24) is 20.2 Å². The maximum absolute atomic E-state index is 12.6. The highest BCUT2D eigenvalue weighted by Crippen LogP contribution is 2.23. The van der Waals surface area contributed by atoms with Gasteiger partial charge >= 0.3 is 6.03 Å². The summed E-state index contributed by atoms with van der Waals surface area (Å²) in [6, 6.07) is -0.218. The zero-order valence-electron chi connectivity index (χ0n) is 16.7. The van der Waals surface area contributed by atoms with Gasteiger partial charge in [0.25, 0.3) is 0 Å². The largest absolute Gasteiger partial charge is 0.381 e. The molecule has 0 bridgehead atoms. The van der Waals surface area contributed by atoms with Gasteiger partial charge in [-0.2, -0.15) is 0 Å². The van der Waals surface area contributed by atoms with Crippen molar-refractivity contribution < 1.29 is 17.9 Å². The summed E-state index contributed by atoms with van der Waals surface area (Å²) in [7, 11) is -3.32. The van der Waals surface area contributed by atoms with Gasteiger partial charge in [0.05, 0.1) is 24.0 Å². The molecule has 1 saturated heterocycles. The number of nitrogens with two attached hydrogens (primary N) is 1. The molecule has 1 aromatic heterocycles. The molecule has 3 rings (SSSR count). The first-order valence-corrected chi connectivity index (χ1v) is 11.1. The fourth-order valence-corrected chi connectivity index (χ4v) is 4.90. The number of hydrogen-bond acceptors (Lipinski definition) is 7. The molecule has 0 aromatic carbocycles. The highest BCUT2D eigenvalue weighted by atomic mass is 32.2. The van der Waals surface area contributed by atoms with Crippen molar-refractivity contribution in [3.63, 3.8) is 0 Å². The molecule has 2 aliphatic rings. The number of sulfone groups is 1. The molecule has 0 unspecified atom stereocenters. The van der Waals surface area contributed by atoms with Gasteiger partial charge in [-0.05, 0) is 32.8 Å². The first-order valence-electron chi connectivity index (χ1n) is 9.56. The molecule has 0 aliphatic carbocycles. The number of nitrogens with one attached hydrogen (secondary N) is 1. The molecule has 9 nitrogen and oxygen atoms in total. The molecule has 1 fully saturated rings. The molecular weight excluding hydrogens is 394 g/mol. The number of urea groups is 1. The fraction of sp³-hybridized carbons (Fsp3) is 0.526. The van der Waals surface area contributed by atoms with Crippen LogP contribution >= 0.6 is 0 Å². The van der Waals surface area contributed by atoms with Crippen molar-refractivity contribution in [3.05, 3.63) is 40.1 Å². The van der Waals surface area contributed by atoms with Crippen LogP contribution in [0.2, 0.25) is 0 Å². The number of carbonyl (C=O) groups excluding carboxylic acids is 1. The minimum atomic E-state index is -3.32. The van der Waals surface area contributed by atoms with Crippen LogP contribution in [0.15, 0.2) is 28.8 Å². The van der Waals surface area contributed by atoms with E-state index in [1.165, 1.54) is 0 Å². The Balaban J connectivity index is 1.53. The van der Waals surface area contributed by atoms with E-state index in [1.807, 2.05) is 6.92 Å². The number of nitrogens with zero attached hydrogens (tertiary/aromatic N) is 3. The van der Waals surface area contributed by atoms with Gasteiger partial charge in [-0.3, -0.25) is 0 Å². The van der Waals surface area contributed by atoms with Crippen LogP contribution in [0.25, 0.3) is 0 Å². The smallest absolute Gasteiger partial charge is 0.318 e. The zero-order valence-corrected chi connectivity index (χ0v) is 17.5. The Hall–Kier alpha value is -2.46. The highest BCUT2D eigenvalue weighted by molar-refractivity contribution is 7.95. The van der Waals surface area contributed by atoms with Crippen molar-refractivity contribution in [3.8, 4) is 0 Å². The van der Waals surface area contributed by atoms with Crippen molar-refractivity contribution in [1.29, 1.82) is 0 Å². The van der Waals surface area contributed by atoms with Crippen LogP contribution in [0.4, 0.5) is 10.7 Å². The molecule has 2 aliphatic heterocycles. The van der Waals surface area contributed by atoms with E-state index in [1.54, 1.807) is 30.2 Å². The molecular formula is C19H27N5O4S. The van der Waals surface area contributed by atoms with Gasteiger partial charge in [-0.25, -0.2) is 23.2 Å². The van der Waals surface area contributed by atoms with Crippen LogP contribution in [-0.2, 0) is 27.7 Å². The van der Waals surface area contributed by atoms with Crippen molar-refractivity contribution >= 4 is 21.8 Å². The summed E-state index contributed by atoms with van der Waals surface area (Å²) in [4.78, 5) is 22.5. The molecule has 3 N–H and O–H groups in total. The second-order valence-corrected chi connectivity index (χ2v) is 9.76. The van der Waals surface area contributed by atoms with Gasteiger partial charge in [0.1, 0.15) is 0 Å². The number of hydrogen-bond donors (Lipinski definition) is 2. The monoisotopic (exact) mass is 421 g/mol. The Morgan fingerprint density at radius 3 is 2.76 bits per heavy atom. The van der Waals surface area contributed by atoms with E-state index in [0.29, 0.717) is 50.6 Å². The molecule has 0 saturated carbocycles. The molecule has 0 radical (unpaired) electrons. The van der Waals surface area contributed by atoms with Gasteiger partial charge in [0.2, 0.25) is 5.95 Å². The standard InChI is InChI=1S/C19H27N5O4S/c1-13(3-4-14(2)29(26,27)16-5-7-28-8-6-16)9-22-19(25)24-11-15-10-21-18(20)23-17(15)12-24/h3-4,10,16H,5-9,11-12H2,1-2H3,(H,22,25)(H2,20,21,23). The lowest BCUT2D eigenvalue weighted by Crippen LogP contribution is -2.37. The summed E-state index contributed by atoms with van der Waals surface area (Å²) in [5.74, 6) is 0.197. The zero-order chi connectivity index (χ0) is 21.0. The molecule has 3 heterocycles. The summed E-state index contributed by atoms with van der Waals surface area (Å²) in [5.41, 5.74) is 8.08. The molecule has 0 spiro atoms. The molecule has 2 amide bonds. The summed E-state index contributed by atoms with van der Waals surface area (Å²) >= 11 is 0. The number of nitrogen functional groups attached to an aromatic ring is 1. The van der Waals surface area contributed by atoms with Crippen LogP contribution in [-0.4, -0.2) is 54.3 Å². The third-order valence-electron chi connectivity index (χ3n) is 5.14. The predicted octanol–water partition coefficient (Wildman–Crippen LogP) is 1.53. The quantitative estimate of drug-likeness (QED) is 0.690. The van der Waals surface area contributed by atoms with E-state index < -0.39 is 9.84 Å². The lowest BCUT2D eigenvalue weighted by atomic mass is 10.2. The first kappa shape index (κ1) is 21.3. The molecule has 29 heavy (non-hydrogen) atoms. The number of ether oxygens (including phenoxy) is 1. The van der Waals surface area contributed by atoms with Crippen LogP contribution in [0.5, 0.6) is 0 Å². The lowest BCUT2D eigenvalue weighted by Gasteiger charge is -2.22. The van der Waals surface area contributed by atoms with Gasteiger partial charge in [0, 0.05) is 36.4 Å². The Morgan fingerprint density at radius 1 is 1.31 bits per heavy atom. The Labute approximate surface area is 171 Å². The summed E-state index contributed by atoms with van der Waals surface area (Å²) < 4.78 is 30.5. The molecule has 1 aromatic rings. The summed E-state index contributed by atoms with van der Waals surface area (Å²) in [6.07, 6.45) is 6.04. The Morgan fingerprint density at radius 2 is 2.03 bits per heavy atom. The minimum absolute atomic E-state index is 0.197. The summed E-state index contributed by atoms with van der Waals surface area (Å²) in [5, 5.41) is 2.46. The number of amides is 2. The average Bonchev–Trinajstić information content (AvgIpc) is 3.14. The maximum atomic E-state index is 12.6. The first-order chi connectivity index (χ1) is 13.8. The van der Waals surface area contributed by atoms with Crippen molar-refractivity contribution in [2.75, 3.05) is 25.5 Å². The van der Waals surface area contributed by atoms with Crippen LogP contribution in [0, 0.1) is 0 Å². The third-order valence-corrected chi connectivity index (χ3v) is 7.52. The number of rotatable bonds is 5. The van der Waals surface area contributed by atoms with Gasteiger partial charge < -0.3 is 20.7 Å². The molecule has 0 atom stereocenters. The van der Waals surface area contributed by atoms with Crippen LogP contribution in [0.3, 0.4) is 0 Å². The van der Waals surface area contributed by atoms with E-state index in [4.69, 9.17) is 10.5 Å². The molecule has 10 heteroatoms. The van der Waals surface area contributed by atoms with E-state index in [2.05, 4.69) is 15.3 Å². The van der Waals surface area contributed by atoms with Gasteiger partial charge in [-0.1, -0.05) is 11.6 Å². The van der Waals surface area contributed by atoms with E-state index >= 15 is 0 Å². The van der Waals surface area contributed by atoms with Crippen LogP contribution in [0.1, 0.15) is 37.9 Å². The molecule has 158 valence electrons. The topological polar surface area (TPSA) is 128 Å². The Bertz CT molecular complexity index is 936. The lowest BCUT2D eigenvalue weighted by molar-refractivity contribution is 0.0985. The number of anilines is 1. The number of carbonyl (C=O) groups is 1. The number of aromatic nitrogens is 2. The second-order valence-electron chi connectivity index (χ2n) is 7.36. The van der Waals surface area contributed by atoms with Gasteiger partial charge in [0.15, 0.2) is 9.84 Å². The van der Waals surface area contributed by atoms with E-state index in [0.717, 1.165) is 16.8 Å². The third kappa shape index (κ3) is 5.13. The maximum Gasteiger partial charge on any atom is 0.318 e. The van der Waals surface area contributed by atoms with Crippen molar-refractivity contribution in [2.24, 2.45) is 0 Å². The second kappa shape index (κ2) is 8.91. The predicted molar refractivity (Wildman–Crippen MR) is 109 cm³/mol. The van der Waals surface area contributed by atoms with Crippen LogP contribution < -0.4 is 11.1 Å². The minimum Gasteiger partial charge on any atom is -0.381 e. The normalized spacial score (nSPS) is 18.6. The number of fused-ring (bicyclic) bond motifs is 1. The highest BCUT2D eigenvalue weighted by Gasteiger charge is 2.29. The fourth-order valence-electron chi connectivity index (χ4n) is 3.30. The summed E-state index contributed by atoms with van der Waals surface area (Å²) in [6.45, 7) is 5.57.